The molecule has 1 aromatic rings. The molecule has 0 saturated heterocycles. The number of benzene rings is 1. The lowest BCUT2D eigenvalue weighted by Gasteiger charge is -2.23. The summed E-state index contributed by atoms with van der Waals surface area (Å²) in [5, 5.41) is 5.60. The molecule has 0 heterocycles. The Morgan fingerprint density at radius 3 is 2.35 bits per heavy atom. The zero-order valence-electron chi connectivity index (χ0n) is 14.5. The van der Waals surface area contributed by atoms with Gasteiger partial charge in [-0.3, -0.25) is 0 Å². The minimum absolute atomic E-state index is 0.0189. The first-order chi connectivity index (χ1) is 11.0. The van der Waals surface area contributed by atoms with Gasteiger partial charge in [0.05, 0.1) is 7.11 Å². The Kier molecular flexibility index (Phi) is 8.16. The smallest absolute Gasteiger partial charge is 0.328 e. The highest BCUT2D eigenvalue weighted by molar-refractivity contribution is 5.83. The maximum atomic E-state index is 12.1. The predicted molar refractivity (Wildman–Crippen MR) is 91.2 cm³/mol. The molecule has 0 radical (unpaired) electrons. The van der Waals surface area contributed by atoms with E-state index in [9.17, 15) is 9.59 Å². The van der Waals surface area contributed by atoms with E-state index in [-0.39, 0.29) is 18.0 Å². The zero-order valence-corrected chi connectivity index (χ0v) is 14.5. The van der Waals surface area contributed by atoms with Crippen LogP contribution >= 0.6 is 0 Å². The number of esters is 1. The van der Waals surface area contributed by atoms with Gasteiger partial charge in [-0.2, -0.15) is 0 Å². The Balaban J connectivity index is 2.45. The van der Waals surface area contributed by atoms with E-state index in [0.29, 0.717) is 0 Å². The summed E-state index contributed by atoms with van der Waals surface area (Å²) in [5.74, 6) is -0.390. The fourth-order valence-electron chi connectivity index (χ4n) is 2.30. The third kappa shape index (κ3) is 6.72. The van der Waals surface area contributed by atoms with Crippen LogP contribution in [0, 0.1) is 5.92 Å². The minimum atomic E-state index is -0.619. The van der Waals surface area contributed by atoms with E-state index in [2.05, 4.69) is 22.8 Å². The maximum Gasteiger partial charge on any atom is 0.328 e. The van der Waals surface area contributed by atoms with Crippen LogP contribution in [-0.4, -0.2) is 31.2 Å². The number of methoxy groups -OCH3 is 1. The molecule has 0 aliphatic carbocycles. The number of nitrogens with one attached hydrogen (secondary N) is 2. The Morgan fingerprint density at radius 2 is 1.78 bits per heavy atom. The number of urea groups is 1. The van der Waals surface area contributed by atoms with Gasteiger partial charge < -0.3 is 15.4 Å². The van der Waals surface area contributed by atoms with Gasteiger partial charge in [-0.15, -0.1) is 0 Å². The third-order valence-electron chi connectivity index (χ3n) is 4.04. The average Bonchev–Trinajstić information content (AvgIpc) is 2.57. The molecule has 0 fully saturated rings. The number of aryl methyl sites for hydroxylation is 1. The fourth-order valence-corrected chi connectivity index (χ4v) is 2.30. The summed E-state index contributed by atoms with van der Waals surface area (Å²) in [4.78, 5) is 23.9. The van der Waals surface area contributed by atoms with Crippen molar-refractivity contribution in [2.75, 3.05) is 7.11 Å². The SMILES string of the molecule is CCC(C)[C@@H](NC(=O)NC(C)CCc1ccccc1)C(=O)OC. The normalized spacial score (nSPS) is 14.4. The van der Waals surface area contributed by atoms with Crippen LogP contribution < -0.4 is 10.6 Å². The molecule has 0 aromatic heterocycles. The fraction of sp³-hybridized carbons (Fsp3) is 0.556. The Bertz CT molecular complexity index is 490. The first-order valence-electron chi connectivity index (χ1n) is 8.16. The Hall–Kier alpha value is -2.04. The molecule has 2 unspecified atom stereocenters. The van der Waals surface area contributed by atoms with Crippen molar-refractivity contribution in [1.29, 1.82) is 0 Å². The van der Waals surface area contributed by atoms with Crippen LogP contribution in [0.5, 0.6) is 0 Å². The molecule has 128 valence electrons. The van der Waals surface area contributed by atoms with E-state index < -0.39 is 12.0 Å². The van der Waals surface area contributed by atoms with Crippen molar-refractivity contribution in [3.8, 4) is 0 Å². The summed E-state index contributed by atoms with van der Waals surface area (Å²) in [6.45, 7) is 5.85. The molecule has 1 rings (SSSR count). The van der Waals surface area contributed by atoms with Crippen molar-refractivity contribution < 1.29 is 14.3 Å². The van der Waals surface area contributed by atoms with Crippen molar-refractivity contribution in [2.24, 2.45) is 5.92 Å². The van der Waals surface area contributed by atoms with Crippen molar-refractivity contribution in [1.82, 2.24) is 10.6 Å². The van der Waals surface area contributed by atoms with Crippen LogP contribution in [0.15, 0.2) is 30.3 Å². The second kappa shape index (κ2) is 9.87. The largest absolute Gasteiger partial charge is 0.467 e. The summed E-state index contributed by atoms with van der Waals surface area (Å²) in [5.41, 5.74) is 1.24. The molecule has 0 aliphatic heterocycles. The van der Waals surface area contributed by atoms with Gasteiger partial charge in [0, 0.05) is 6.04 Å². The summed E-state index contributed by atoms with van der Waals surface area (Å²) < 4.78 is 4.77. The highest BCUT2D eigenvalue weighted by atomic mass is 16.5. The molecule has 2 N–H and O–H groups in total. The van der Waals surface area contributed by atoms with Crippen molar-refractivity contribution in [3.63, 3.8) is 0 Å². The number of carbonyl (C=O) groups excluding carboxylic acids is 2. The Labute approximate surface area is 138 Å². The van der Waals surface area contributed by atoms with E-state index in [0.717, 1.165) is 19.3 Å². The highest BCUT2D eigenvalue weighted by Gasteiger charge is 2.26. The standard InChI is InChI=1S/C18H28N2O3/c1-5-13(2)16(17(21)23-4)20-18(22)19-14(3)11-12-15-9-7-6-8-10-15/h6-10,13-14,16H,5,11-12H2,1-4H3,(H2,19,20,22)/t13?,14?,16-/m1/s1. The van der Waals surface area contributed by atoms with Crippen LogP contribution in [0.2, 0.25) is 0 Å². The molecule has 5 heteroatoms. The van der Waals surface area contributed by atoms with Gasteiger partial charge in [-0.05, 0) is 31.2 Å². The van der Waals surface area contributed by atoms with Crippen LogP contribution in [0.4, 0.5) is 4.79 Å². The zero-order chi connectivity index (χ0) is 17.2. The first kappa shape index (κ1) is 19.0. The van der Waals surface area contributed by atoms with Crippen LogP contribution in [0.1, 0.15) is 39.2 Å². The summed E-state index contributed by atoms with van der Waals surface area (Å²) in [6.07, 6.45) is 2.52. The van der Waals surface area contributed by atoms with E-state index in [4.69, 9.17) is 4.74 Å². The van der Waals surface area contributed by atoms with Gasteiger partial charge in [-0.25, -0.2) is 9.59 Å². The molecular weight excluding hydrogens is 292 g/mol. The van der Waals surface area contributed by atoms with E-state index in [1.165, 1.54) is 12.7 Å². The lowest BCUT2D eigenvalue weighted by Crippen LogP contribution is -2.51. The highest BCUT2D eigenvalue weighted by Crippen LogP contribution is 2.09. The number of rotatable bonds is 8. The van der Waals surface area contributed by atoms with Gasteiger partial charge in [0.15, 0.2) is 0 Å². The third-order valence-corrected chi connectivity index (χ3v) is 4.04. The lowest BCUT2D eigenvalue weighted by atomic mass is 9.99. The first-order valence-corrected chi connectivity index (χ1v) is 8.16. The monoisotopic (exact) mass is 320 g/mol. The van der Waals surface area contributed by atoms with Crippen molar-refractivity contribution >= 4 is 12.0 Å². The number of hydrogen-bond donors (Lipinski definition) is 2. The van der Waals surface area contributed by atoms with E-state index in [1.807, 2.05) is 39.0 Å². The predicted octanol–water partition coefficient (Wildman–Crippen LogP) is 2.89. The molecule has 0 saturated carbocycles. The topological polar surface area (TPSA) is 67.4 Å². The number of amides is 2. The molecule has 0 spiro atoms. The maximum absolute atomic E-state index is 12.1. The van der Waals surface area contributed by atoms with Gasteiger partial charge in [-0.1, -0.05) is 50.6 Å². The van der Waals surface area contributed by atoms with E-state index in [1.54, 1.807) is 0 Å². The number of hydrogen-bond acceptors (Lipinski definition) is 3. The van der Waals surface area contributed by atoms with Crippen molar-refractivity contribution in [2.45, 2.75) is 52.1 Å². The van der Waals surface area contributed by atoms with Crippen molar-refractivity contribution in [3.05, 3.63) is 35.9 Å². The summed E-state index contributed by atoms with van der Waals surface area (Å²) >= 11 is 0. The van der Waals surface area contributed by atoms with Crippen LogP contribution in [-0.2, 0) is 16.0 Å². The van der Waals surface area contributed by atoms with E-state index >= 15 is 0 Å². The molecular formula is C18H28N2O3. The molecule has 1 aromatic carbocycles. The second-order valence-corrected chi connectivity index (χ2v) is 5.93. The van der Waals surface area contributed by atoms with Gasteiger partial charge >= 0.3 is 12.0 Å². The lowest BCUT2D eigenvalue weighted by molar-refractivity contribution is -0.144. The summed E-state index contributed by atoms with van der Waals surface area (Å²) in [7, 11) is 1.33. The number of carbonyl (C=O) groups is 2. The molecule has 2 amide bonds. The minimum Gasteiger partial charge on any atom is -0.467 e. The molecule has 0 aliphatic rings. The van der Waals surface area contributed by atoms with Crippen LogP contribution in [0.3, 0.4) is 0 Å². The summed E-state index contributed by atoms with van der Waals surface area (Å²) in [6, 6.07) is 9.21. The number of ether oxygens (including phenoxy) is 1. The van der Waals surface area contributed by atoms with Gasteiger partial charge in [0.1, 0.15) is 6.04 Å². The van der Waals surface area contributed by atoms with Crippen LogP contribution in [0.25, 0.3) is 0 Å². The Morgan fingerprint density at radius 1 is 1.13 bits per heavy atom. The van der Waals surface area contributed by atoms with Gasteiger partial charge in [0.25, 0.3) is 0 Å². The molecule has 23 heavy (non-hydrogen) atoms. The molecule has 3 atom stereocenters. The molecule has 0 bridgehead atoms. The quantitative estimate of drug-likeness (QED) is 0.724. The van der Waals surface area contributed by atoms with Gasteiger partial charge in [0.2, 0.25) is 0 Å². The average molecular weight is 320 g/mol. The second-order valence-electron chi connectivity index (χ2n) is 5.93. The molecule has 5 nitrogen and oxygen atoms in total.